The molecule has 7 heteroatoms. The Bertz CT molecular complexity index is 517. The molecule has 0 aromatic rings. The van der Waals surface area contributed by atoms with E-state index in [0.29, 0.717) is 0 Å². The zero-order chi connectivity index (χ0) is 31.5. The second-order valence-corrected chi connectivity index (χ2v) is 15.4. The van der Waals surface area contributed by atoms with E-state index >= 15 is 0 Å². The van der Waals surface area contributed by atoms with Crippen molar-refractivity contribution in [2.24, 2.45) is 0 Å². The summed E-state index contributed by atoms with van der Waals surface area (Å²) in [6.07, 6.45) is 39.0. The number of carboxylic acids is 2. The number of alkyl halides is 2. The minimum absolute atomic E-state index is 0. The minimum Gasteiger partial charge on any atom is -0.549 e. The minimum atomic E-state index is -0.912. The normalized spacial score (nSPS) is 12.2. The van der Waals surface area contributed by atoms with Crippen molar-refractivity contribution in [3.63, 3.8) is 0 Å². The smallest absolute Gasteiger partial charge is 0.549 e. The zero-order valence-corrected chi connectivity index (χ0v) is 35.0. The molecule has 0 aliphatic heterocycles. The van der Waals surface area contributed by atoms with Crippen LogP contribution in [0.4, 0.5) is 0 Å². The molecule has 0 N–H and O–H groups in total. The average molecular weight is 859 g/mol. The fraction of sp³-hybridized carbons (Fsp3) is 0.944. The molecule has 0 aromatic carbocycles. The molecule has 0 spiro atoms. The number of hydrogen-bond acceptors (Lipinski definition) is 4. The molecule has 0 bridgehead atoms. The fourth-order valence-corrected chi connectivity index (χ4v) is 6.15. The Hall–Kier alpha value is 1.66. The summed E-state index contributed by atoms with van der Waals surface area (Å²) in [5.41, 5.74) is 0. The van der Waals surface area contributed by atoms with Crippen LogP contribution in [-0.4, -0.2) is 57.5 Å². The molecule has 2 atom stereocenters. The first-order chi connectivity index (χ1) is 20.4. The average Bonchev–Trinajstić information content (AvgIpc) is 2.97. The van der Waals surface area contributed by atoms with Crippen LogP contribution >= 0.6 is 45.2 Å². The summed E-state index contributed by atoms with van der Waals surface area (Å²) in [5.74, 6) is -1.82. The molecule has 0 aliphatic rings. The number of unbranched alkanes of at least 4 members (excludes halogenated alkanes) is 26. The number of halogens is 2. The summed E-state index contributed by atoms with van der Waals surface area (Å²) in [5, 5.41) is 21.1. The van der Waals surface area contributed by atoms with Crippen molar-refractivity contribution in [2.75, 3.05) is 0 Å². The molecule has 0 aliphatic carbocycles. The monoisotopic (exact) mass is 858 g/mol. The van der Waals surface area contributed by atoms with Crippen LogP contribution in [0, 0.1) is 0 Å². The quantitative estimate of drug-likeness (QED) is 0.0292. The van der Waals surface area contributed by atoms with Gasteiger partial charge in [0.2, 0.25) is 0 Å². The molecule has 0 radical (unpaired) electrons. The van der Waals surface area contributed by atoms with Gasteiger partial charge in [-0.2, -0.15) is 0 Å². The summed E-state index contributed by atoms with van der Waals surface area (Å²) >= 11 is 3.93. The van der Waals surface area contributed by atoms with Gasteiger partial charge in [0.15, 0.2) is 0 Å². The number of carboxylic acid groups (broad SMARTS) is 2. The predicted octanol–water partition coefficient (Wildman–Crippen LogP) is 10.4. The van der Waals surface area contributed by atoms with Crippen LogP contribution in [0.5, 0.6) is 0 Å². The van der Waals surface area contributed by atoms with Gasteiger partial charge in [-0.3, -0.25) is 0 Å². The number of carbonyl (C=O) groups is 2. The van der Waals surface area contributed by atoms with Crippen LogP contribution in [0.25, 0.3) is 0 Å². The molecule has 4 nitrogen and oxygen atoms in total. The van der Waals surface area contributed by atoms with Gasteiger partial charge in [0.1, 0.15) is 0 Å². The number of carbonyl (C=O) groups excluding carboxylic acids is 2. The molecular formula is C36H68CaI2O4. The molecule has 252 valence electrons. The Balaban J connectivity index is -0.000000727. The number of rotatable bonds is 32. The number of hydrogen-bond donors (Lipinski definition) is 0. The van der Waals surface area contributed by atoms with Crippen molar-refractivity contribution >= 4 is 94.9 Å². The third-order valence-electron chi connectivity index (χ3n) is 8.13. The Morgan fingerprint density at radius 2 is 0.558 bits per heavy atom. The Morgan fingerprint density at radius 1 is 0.395 bits per heavy atom. The molecule has 2 unspecified atom stereocenters. The van der Waals surface area contributed by atoms with Crippen molar-refractivity contribution in [1.29, 1.82) is 0 Å². The summed E-state index contributed by atoms with van der Waals surface area (Å²) in [6.45, 7) is 4.53. The van der Waals surface area contributed by atoms with Crippen molar-refractivity contribution in [2.45, 2.75) is 214 Å². The maximum Gasteiger partial charge on any atom is 2.00 e. The fourth-order valence-electron chi connectivity index (χ4n) is 5.27. The van der Waals surface area contributed by atoms with Crippen molar-refractivity contribution in [3.8, 4) is 0 Å². The molecule has 0 aromatic heterocycles. The van der Waals surface area contributed by atoms with Crippen LogP contribution in [0.1, 0.15) is 206 Å². The van der Waals surface area contributed by atoms with Gasteiger partial charge in [0.25, 0.3) is 0 Å². The SMILES string of the molecule is CCCCCCCCCCCCCCCCC(I)C(=O)[O-].CCCCCCCCCCCCCCCCC(I)C(=O)[O-].[Ca+2]. The molecule has 0 saturated heterocycles. The van der Waals surface area contributed by atoms with Crippen molar-refractivity contribution in [1.82, 2.24) is 0 Å². The van der Waals surface area contributed by atoms with Crippen LogP contribution in [0.2, 0.25) is 0 Å². The second kappa shape index (κ2) is 41.7. The number of aliphatic carboxylic acids is 2. The van der Waals surface area contributed by atoms with Gasteiger partial charge in [-0.15, -0.1) is 0 Å². The Morgan fingerprint density at radius 3 is 0.721 bits per heavy atom. The van der Waals surface area contributed by atoms with E-state index in [1.54, 1.807) is 0 Å². The van der Waals surface area contributed by atoms with Crippen LogP contribution in [0.15, 0.2) is 0 Å². The zero-order valence-electron chi connectivity index (χ0n) is 28.5. The van der Waals surface area contributed by atoms with Gasteiger partial charge >= 0.3 is 37.7 Å². The summed E-state index contributed by atoms with van der Waals surface area (Å²) in [7, 11) is 0. The molecule has 0 saturated carbocycles. The van der Waals surface area contributed by atoms with Gasteiger partial charge in [-0.05, 0) is 12.8 Å². The van der Waals surface area contributed by atoms with Gasteiger partial charge < -0.3 is 19.8 Å². The van der Waals surface area contributed by atoms with Gasteiger partial charge in [-0.25, -0.2) is 0 Å². The van der Waals surface area contributed by atoms with E-state index in [4.69, 9.17) is 0 Å². The van der Waals surface area contributed by atoms with E-state index in [-0.39, 0.29) is 45.6 Å². The van der Waals surface area contributed by atoms with E-state index in [9.17, 15) is 19.8 Å². The van der Waals surface area contributed by atoms with E-state index in [0.717, 1.165) is 25.7 Å². The first kappa shape index (κ1) is 49.1. The summed E-state index contributed by atoms with van der Waals surface area (Å²) in [4.78, 5) is 21.1. The topological polar surface area (TPSA) is 80.3 Å². The third-order valence-corrected chi connectivity index (χ3v) is 10.4. The van der Waals surface area contributed by atoms with Gasteiger partial charge in [0.05, 0.1) is 19.8 Å². The Labute approximate surface area is 325 Å². The second-order valence-electron chi connectivity index (χ2n) is 12.3. The van der Waals surface area contributed by atoms with E-state index in [1.165, 1.54) is 167 Å². The largest absolute Gasteiger partial charge is 2.00 e. The Kier molecular flexibility index (Phi) is 47.5. The first-order valence-electron chi connectivity index (χ1n) is 18.1. The van der Waals surface area contributed by atoms with Crippen LogP contribution in [0.3, 0.4) is 0 Å². The van der Waals surface area contributed by atoms with E-state index in [2.05, 4.69) is 13.8 Å². The molecule has 43 heavy (non-hydrogen) atoms. The molecule has 0 amide bonds. The van der Waals surface area contributed by atoms with Gasteiger partial charge in [-0.1, -0.05) is 239 Å². The van der Waals surface area contributed by atoms with E-state index < -0.39 is 11.9 Å². The molecule has 0 fully saturated rings. The maximum absolute atomic E-state index is 10.5. The van der Waals surface area contributed by atoms with Crippen molar-refractivity contribution in [3.05, 3.63) is 0 Å². The standard InChI is InChI=1S/2C18H35IO2.Ca/c2*1-2-3-4-5-6-7-8-9-10-11-12-13-14-15-16-17(19)18(20)21;/h2*17H,2-16H2,1H3,(H,20,21);/q;;+2/p-2. The maximum atomic E-state index is 10.5. The first-order valence-corrected chi connectivity index (χ1v) is 20.6. The predicted molar refractivity (Wildman–Crippen MR) is 201 cm³/mol. The summed E-state index contributed by atoms with van der Waals surface area (Å²) < 4.78 is -0.611. The molecular weight excluding hydrogens is 790 g/mol. The van der Waals surface area contributed by atoms with Gasteiger partial charge in [0, 0.05) is 0 Å². The van der Waals surface area contributed by atoms with E-state index in [1.807, 2.05) is 45.2 Å². The van der Waals surface area contributed by atoms with Crippen molar-refractivity contribution < 1.29 is 19.8 Å². The van der Waals surface area contributed by atoms with Crippen LogP contribution < -0.4 is 10.2 Å². The molecule has 0 rings (SSSR count). The van der Waals surface area contributed by atoms with Crippen LogP contribution in [-0.2, 0) is 9.59 Å². The summed E-state index contributed by atoms with van der Waals surface area (Å²) in [6, 6.07) is 0. The molecule has 0 heterocycles. The third kappa shape index (κ3) is 43.7.